The van der Waals surface area contributed by atoms with E-state index in [9.17, 15) is 33.2 Å². The van der Waals surface area contributed by atoms with Gasteiger partial charge in [-0.1, -0.05) is 72.3 Å². The van der Waals surface area contributed by atoms with Crippen LogP contribution in [0.2, 0.25) is 0 Å². The normalized spacial score (nSPS) is 16.2. The maximum Gasteiger partial charge on any atom is 0.305 e. The molecule has 0 aromatic heterocycles. The maximum absolute atomic E-state index is 14.4. The molecule has 12 nitrogen and oxygen atoms in total. The summed E-state index contributed by atoms with van der Waals surface area (Å²) in [6.45, 7) is 2.37. The van der Waals surface area contributed by atoms with E-state index in [0.717, 1.165) is 27.8 Å². The van der Waals surface area contributed by atoms with E-state index in [4.69, 9.17) is 16.3 Å². The number of likely N-dealkylation sites (tertiary alicyclic amines) is 1. The molecule has 5 rings (SSSR count). The van der Waals surface area contributed by atoms with Gasteiger partial charge in [0, 0.05) is 32.4 Å². The Morgan fingerprint density at radius 3 is 2.26 bits per heavy atom. The van der Waals surface area contributed by atoms with Crippen molar-refractivity contribution >= 4 is 52.7 Å². The zero-order valence-corrected chi connectivity index (χ0v) is 32.9. The third-order valence-electron chi connectivity index (χ3n) is 10.3. The minimum Gasteiger partial charge on any atom is -0.469 e. The number of allylic oxidation sites excluding steroid dienone is 1. The molecule has 14 heteroatoms. The van der Waals surface area contributed by atoms with Crippen molar-refractivity contribution in [1.82, 2.24) is 26.2 Å². The van der Waals surface area contributed by atoms with Crippen LogP contribution in [0, 0.1) is 12.7 Å². The summed E-state index contributed by atoms with van der Waals surface area (Å²) in [4.78, 5) is 82.1. The molecule has 1 aliphatic carbocycles. The van der Waals surface area contributed by atoms with E-state index in [0.29, 0.717) is 31.2 Å². The van der Waals surface area contributed by atoms with Crippen LogP contribution in [0.3, 0.4) is 0 Å². The van der Waals surface area contributed by atoms with E-state index in [2.05, 4.69) is 21.3 Å². The molecule has 0 radical (unpaired) electrons. The highest BCUT2D eigenvalue weighted by atomic mass is 35.5. The van der Waals surface area contributed by atoms with E-state index in [-0.39, 0.29) is 38.8 Å². The third kappa shape index (κ3) is 12.0. The summed E-state index contributed by atoms with van der Waals surface area (Å²) in [6, 6.07) is 16.7. The summed E-state index contributed by atoms with van der Waals surface area (Å²) in [6.07, 6.45) is 4.07. The lowest BCUT2D eigenvalue weighted by molar-refractivity contribution is -0.146. The summed E-state index contributed by atoms with van der Waals surface area (Å²) in [7, 11) is 1.22. The number of hydrogen-bond acceptors (Lipinski definition) is 7. The first kappa shape index (κ1) is 42.6. The van der Waals surface area contributed by atoms with Crippen molar-refractivity contribution in [1.29, 1.82) is 0 Å². The predicted octanol–water partition coefficient (Wildman–Crippen LogP) is 4.05. The van der Waals surface area contributed by atoms with E-state index in [1.54, 1.807) is 12.1 Å². The molecule has 3 aromatic carbocycles. The van der Waals surface area contributed by atoms with Crippen molar-refractivity contribution in [3.05, 3.63) is 113 Å². The van der Waals surface area contributed by atoms with Crippen LogP contribution in [0.25, 0.3) is 5.57 Å². The lowest BCUT2D eigenvalue weighted by Crippen LogP contribution is -2.60. The van der Waals surface area contributed by atoms with Crippen molar-refractivity contribution in [2.24, 2.45) is 0 Å². The Morgan fingerprint density at radius 1 is 0.842 bits per heavy atom. The molecule has 1 heterocycles. The smallest absolute Gasteiger partial charge is 0.305 e. The Labute approximate surface area is 336 Å². The number of ether oxygens (including phenoxy) is 1. The van der Waals surface area contributed by atoms with Crippen LogP contribution < -0.4 is 21.3 Å². The van der Waals surface area contributed by atoms with E-state index < -0.39 is 71.4 Å². The average Bonchev–Trinajstić information content (AvgIpc) is 3.64. The molecule has 1 saturated heterocycles. The number of carbonyl (C=O) groups excluding carboxylic acids is 6. The lowest BCUT2D eigenvalue weighted by Gasteiger charge is -2.37. The molecule has 5 amide bonds. The number of piperidine rings is 1. The van der Waals surface area contributed by atoms with Gasteiger partial charge in [-0.25, -0.2) is 4.39 Å². The number of benzene rings is 3. The fraction of sp³-hybridized carbons (Fsp3) is 0.395. The molecule has 1 aliphatic heterocycles. The van der Waals surface area contributed by atoms with E-state index >= 15 is 0 Å². The molecule has 2 aliphatic rings. The van der Waals surface area contributed by atoms with Crippen molar-refractivity contribution < 1.29 is 37.9 Å². The van der Waals surface area contributed by atoms with Gasteiger partial charge in [0.05, 0.1) is 7.11 Å². The molecule has 0 bridgehead atoms. The first-order valence-corrected chi connectivity index (χ1v) is 19.7. The van der Waals surface area contributed by atoms with Crippen LogP contribution in [0.5, 0.6) is 0 Å². The van der Waals surface area contributed by atoms with Crippen LogP contribution in [-0.4, -0.2) is 84.1 Å². The fourth-order valence-corrected chi connectivity index (χ4v) is 7.20. The molecular weight excluding hydrogens is 753 g/mol. The third-order valence-corrected chi connectivity index (χ3v) is 10.5. The molecule has 1 fully saturated rings. The highest BCUT2D eigenvalue weighted by molar-refractivity contribution is 6.27. The number of methoxy groups -OCH3 is 1. The molecule has 4 N–H and O–H groups in total. The second kappa shape index (κ2) is 20.6. The first-order valence-electron chi connectivity index (χ1n) is 19.1. The number of alkyl halides is 1. The van der Waals surface area contributed by atoms with Gasteiger partial charge in [-0.05, 0) is 79.0 Å². The summed E-state index contributed by atoms with van der Waals surface area (Å²) in [5.41, 5.74) is 5.40. The van der Waals surface area contributed by atoms with Crippen LogP contribution in [0.15, 0.2) is 78.9 Å². The molecule has 4 atom stereocenters. The Hall–Kier alpha value is -5.56. The summed E-state index contributed by atoms with van der Waals surface area (Å²) in [5, 5.41) is 11.3. The van der Waals surface area contributed by atoms with Crippen molar-refractivity contribution in [3.63, 3.8) is 0 Å². The molecule has 0 unspecified atom stereocenters. The summed E-state index contributed by atoms with van der Waals surface area (Å²) < 4.78 is 18.6. The number of fused-ring (bicyclic) bond motifs is 1. The standard InChI is InChI=1S/C43H49ClFN5O7/c1-27-10-12-29(13-11-27)26-46-40(53)35(23-28-14-18-32(45)19-15-28)48-41(54)36(24-31-17-16-30-7-3-4-8-33(30)31)49-42(55)37-9-5-6-22-50(37)43(56)34(47-38(51)25-44)20-21-39(52)57-2/h3-4,7-8,10-15,17-19,34-37H,5-6,9,16,20-26H2,1-2H3,(H,46,53)(H,47,51)(H,48,54)(H,49,55)/t34-,35-,36-,37-/m0/s1. The highest BCUT2D eigenvalue weighted by Gasteiger charge is 2.38. The zero-order valence-electron chi connectivity index (χ0n) is 32.2. The van der Waals surface area contributed by atoms with Crippen molar-refractivity contribution in [3.8, 4) is 0 Å². The highest BCUT2D eigenvalue weighted by Crippen LogP contribution is 2.31. The van der Waals surface area contributed by atoms with Gasteiger partial charge in [0.15, 0.2) is 0 Å². The quantitative estimate of drug-likeness (QED) is 0.118. The number of nitrogens with one attached hydrogen (secondary N) is 4. The van der Waals surface area contributed by atoms with Crippen molar-refractivity contribution in [2.45, 2.75) is 89.0 Å². The van der Waals surface area contributed by atoms with Gasteiger partial charge in [0.25, 0.3) is 0 Å². The number of halogens is 2. The van der Waals surface area contributed by atoms with Crippen molar-refractivity contribution in [2.75, 3.05) is 19.5 Å². The van der Waals surface area contributed by atoms with E-state index in [1.807, 2.05) is 61.5 Å². The maximum atomic E-state index is 14.4. The average molecular weight is 802 g/mol. The molecule has 0 saturated carbocycles. The Kier molecular flexibility index (Phi) is 15.4. The fourth-order valence-electron chi connectivity index (χ4n) is 7.12. The van der Waals surface area contributed by atoms with Crippen LogP contribution >= 0.6 is 11.6 Å². The second-order valence-electron chi connectivity index (χ2n) is 14.4. The summed E-state index contributed by atoms with van der Waals surface area (Å²) in [5.74, 6) is -4.26. The zero-order chi connectivity index (χ0) is 40.9. The predicted molar refractivity (Wildman–Crippen MR) is 213 cm³/mol. The van der Waals surface area contributed by atoms with E-state index in [1.165, 1.54) is 24.1 Å². The Balaban J connectivity index is 1.39. The topological polar surface area (TPSA) is 163 Å². The van der Waals surface area contributed by atoms with Crippen LogP contribution in [-0.2, 0) is 52.9 Å². The molecule has 0 spiro atoms. The number of hydrogen-bond donors (Lipinski definition) is 4. The SMILES string of the molecule is COC(=O)CC[C@H](NC(=O)CCl)C(=O)N1CCCC[C@H]1C(=O)N[C@@H](CC1=CCc2ccccc21)C(=O)N[C@@H](Cc1ccc(F)cc1)C(=O)NCc1ccc(C)cc1. The lowest BCUT2D eigenvalue weighted by atomic mass is 9.96. The number of carbonyl (C=O) groups is 6. The molecule has 3 aromatic rings. The van der Waals surface area contributed by atoms with Gasteiger partial charge < -0.3 is 30.9 Å². The van der Waals surface area contributed by atoms with Gasteiger partial charge in [0.2, 0.25) is 29.5 Å². The Morgan fingerprint density at radius 2 is 1.54 bits per heavy atom. The minimum atomic E-state index is -1.17. The summed E-state index contributed by atoms with van der Waals surface area (Å²) >= 11 is 5.73. The number of nitrogens with zero attached hydrogens (tertiary/aromatic N) is 1. The molecule has 57 heavy (non-hydrogen) atoms. The van der Waals surface area contributed by atoms with Gasteiger partial charge in [-0.3, -0.25) is 28.8 Å². The van der Waals surface area contributed by atoms with Crippen LogP contribution in [0.1, 0.15) is 66.3 Å². The monoisotopic (exact) mass is 801 g/mol. The first-order chi connectivity index (χ1) is 27.4. The van der Waals surface area contributed by atoms with Gasteiger partial charge in [-0.15, -0.1) is 11.6 Å². The van der Waals surface area contributed by atoms with Gasteiger partial charge in [0.1, 0.15) is 35.9 Å². The minimum absolute atomic E-state index is 0.0455. The number of aryl methyl sites for hydroxylation is 1. The second-order valence-corrected chi connectivity index (χ2v) is 14.6. The number of esters is 1. The van der Waals surface area contributed by atoms with Crippen LogP contribution in [0.4, 0.5) is 4.39 Å². The number of rotatable bonds is 17. The Bertz CT molecular complexity index is 1960. The van der Waals surface area contributed by atoms with Gasteiger partial charge >= 0.3 is 5.97 Å². The van der Waals surface area contributed by atoms with Gasteiger partial charge in [-0.2, -0.15) is 0 Å². The largest absolute Gasteiger partial charge is 0.469 e. The number of amides is 5. The molecule has 302 valence electrons. The molecular formula is C43H49ClFN5O7.